The number of aromatic nitrogens is 3. The zero-order chi connectivity index (χ0) is 18.3. The fraction of sp³-hybridized carbons (Fsp3) is 0.400. The summed E-state index contributed by atoms with van der Waals surface area (Å²) in [4.78, 5) is 4.54. The lowest BCUT2D eigenvalue weighted by Crippen LogP contribution is -2.26. The van der Waals surface area contributed by atoms with Crippen LogP contribution < -0.4 is 16.8 Å². The van der Waals surface area contributed by atoms with E-state index < -0.39 is 0 Å². The molecule has 2 aromatic heterocycles. The number of imidazole rings is 1. The fourth-order valence-corrected chi connectivity index (χ4v) is 3.92. The van der Waals surface area contributed by atoms with E-state index in [0.29, 0.717) is 17.8 Å². The van der Waals surface area contributed by atoms with Crippen LogP contribution in [0.5, 0.6) is 0 Å². The van der Waals surface area contributed by atoms with Crippen LogP contribution in [0, 0.1) is 13.8 Å². The molecule has 3 aromatic rings. The van der Waals surface area contributed by atoms with Gasteiger partial charge in [0.25, 0.3) is 0 Å². The quantitative estimate of drug-likeness (QED) is 0.670. The number of nitrogen functional groups attached to an aromatic ring is 1. The second-order valence-electron chi connectivity index (χ2n) is 7.42. The third kappa shape index (κ3) is 3.01. The van der Waals surface area contributed by atoms with Gasteiger partial charge in [-0.3, -0.25) is 0 Å². The van der Waals surface area contributed by atoms with Crippen LogP contribution in [-0.4, -0.2) is 20.6 Å². The van der Waals surface area contributed by atoms with Crippen LogP contribution in [-0.2, 0) is 0 Å². The number of hydrogen-bond donors (Lipinski definition) is 3. The maximum Gasteiger partial charge on any atom is 0.177 e. The smallest absolute Gasteiger partial charge is 0.177 e. The van der Waals surface area contributed by atoms with Crippen molar-refractivity contribution in [3.05, 3.63) is 47.3 Å². The summed E-state index contributed by atoms with van der Waals surface area (Å²) in [5.41, 5.74) is 18.8. The lowest BCUT2D eigenvalue weighted by atomic mass is 9.81. The Morgan fingerprint density at radius 2 is 1.92 bits per heavy atom. The van der Waals surface area contributed by atoms with E-state index in [0.717, 1.165) is 48.3 Å². The maximum atomic E-state index is 6.40. The predicted octanol–water partition coefficient (Wildman–Crippen LogP) is 3.66. The van der Waals surface area contributed by atoms with Gasteiger partial charge in [0.2, 0.25) is 0 Å². The molecule has 1 aliphatic rings. The highest BCUT2D eigenvalue weighted by Crippen LogP contribution is 2.41. The second kappa shape index (κ2) is 6.61. The maximum absolute atomic E-state index is 6.40. The number of nitrogens with two attached hydrogens (primary N) is 2. The van der Waals surface area contributed by atoms with Crippen LogP contribution in [0.15, 0.2) is 30.6 Å². The van der Waals surface area contributed by atoms with Crippen molar-refractivity contribution in [2.24, 2.45) is 5.73 Å². The molecule has 1 saturated carbocycles. The van der Waals surface area contributed by atoms with Crippen molar-refractivity contribution in [1.82, 2.24) is 14.6 Å². The minimum Gasteiger partial charge on any atom is -0.382 e. The fourth-order valence-electron chi connectivity index (χ4n) is 3.92. The summed E-state index contributed by atoms with van der Waals surface area (Å²) in [5, 5.41) is 8.16. The molecule has 1 aliphatic carbocycles. The number of aryl methyl sites for hydroxylation is 2. The number of benzene rings is 1. The lowest BCUT2D eigenvalue weighted by molar-refractivity contribution is 0.396. The first-order valence-corrected chi connectivity index (χ1v) is 9.25. The molecule has 6 nitrogen and oxygen atoms in total. The Bertz CT molecular complexity index is 937. The molecule has 0 spiro atoms. The average molecular weight is 350 g/mol. The predicted molar refractivity (Wildman–Crippen MR) is 106 cm³/mol. The van der Waals surface area contributed by atoms with Gasteiger partial charge in [-0.25, -0.2) is 9.50 Å². The summed E-state index contributed by atoms with van der Waals surface area (Å²) in [7, 11) is 0. The minimum absolute atomic E-state index is 0.297. The van der Waals surface area contributed by atoms with Gasteiger partial charge in [-0.1, -0.05) is 12.1 Å². The summed E-state index contributed by atoms with van der Waals surface area (Å²) in [6, 6.07) is 6.71. The van der Waals surface area contributed by atoms with Crippen molar-refractivity contribution in [2.75, 3.05) is 11.1 Å². The van der Waals surface area contributed by atoms with E-state index in [1.54, 1.807) is 10.7 Å². The Morgan fingerprint density at radius 3 is 2.69 bits per heavy atom. The topological polar surface area (TPSA) is 94.3 Å². The third-order valence-electron chi connectivity index (χ3n) is 5.44. The largest absolute Gasteiger partial charge is 0.382 e. The first-order valence-electron chi connectivity index (χ1n) is 9.25. The average Bonchev–Trinajstić information content (AvgIpc) is 3.07. The number of anilines is 3. The Morgan fingerprint density at radius 1 is 1.15 bits per heavy atom. The lowest BCUT2D eigenvalue weighted by Gasteiger charge is -2.29. The van der Waals surface area contributed by atoms with Gasteiger partial charge in [0.05, 0.1) is 5.69 Å². The SMILES string of the molecule is Cc1ccc(C)c(Nc2c3nccn3nc(N)c2[C@H]2CC[C@H](N)CC2)c1. The molecule has 6 heteroatoms. The van der Waals surface area contributed by atoms with E-state index in [1.807, 2.05) is 6.20 Å². The van der Waals surface area contributed by atoms with Gasteiger partial charge >= 0.3 is 0 Å². The normalized spacial score (nSPS) is 20.4. The van der Waals surface area contributed by atoms with Gasteiger partial charge in [0.15, 0.2) is 5.65 Å². The van der Waals surface area contributed by atoms with E-state index >= 15 is 0 Å². The van der Waals surface area contributed by atoms with Crippen molar-refractivity contribution in [3.63, 3.8) is 0 Å². The van der Waals surface area contributed by atoms with Crippen LogP contribution in [0.4, 0.5) is 17.2 Å². The van der Waals surface area contributed by atoms with Crippen LogP contribution >= 0.6 is 0 Å². The summed E-state index contributed by atoms with van der Waals surface area (Å²) in [5.74, 6) is 0.931. The molecule has 0 aliphatic heterocycles. The Hall–Kier alpha value is -2.60. The zero-order valence-corrected chi connectivity index (χ0v) is 15.4. The molecule has 0 radical (unpaired) electrons. The molecule has 0 saturated heterocycles. The first kappa shape index (κ1) is 16.8. The van der Waals surface area contributed by atoms with Gasteiger partial charge in [0.1, 0.15) is 5.82 Å². The molecular weight excluding hydrogens is 324 g/mol. The van der Waals surface area contributed by atoms with E-state index in [2.05, 4.69) is 47.4 Å². The van der Waals surface area contributed by atoms with Crippen LogP contribution in [0.1, 0.15) is 48.3 Å². The molecule has 2 heterocycles. The molecule has 0 atom stereocenters. The number of rotatable bonds is 3. The zero-order valence-electron chi connectivity index (χ0n) is 15.4. The Balaban J connectivity index is 1.84. The monoisotopic (exact) mass is 350 g/mol. The summed E-state index contributed by atoms with van der Waals surface area (Å²) < 4.78 is 1.75. The van der Waals surface area contributed by atoms with Gasteiger partial charge in [-0.05, 0) is 62.6 Å². The molecule has 0 amide bonds. The molecular formula is C20H26N6. The number of nitrogens with one attached hydrogen (secondary N) is 1. The Labute approximate surface area is 153 Å². The molecule has 4 rings (SSSR count). The summed E-state index contributed by atoms with van der Waals surface area (Å²) >= 11 is 0. The van der Waals surface area contributed by atoms with Crippen LogP contribution in [0.3, 0.4) is 0 Å². The Kier molecular flexibility index (Phi) is 4.28. The van der Waals surface area contributed by atoms with E-state index in [4.69, 9.17) is 11.5 Å². The van der Waals surface area contributed by atoms with Gasteiger partial charge < -0.3 is 16.8 Å². The molecule has 0 unspecified atom stereocenters. The van der Waals surface area contributed by atoms with E-state index in [1.165, 1.54) is 11.1 Å². The van der Waals surface area contributed by atoms with Gasteiger partial charge in [-0.2, -0.15) is 0 Å². The number of nitrogens with zero attached hydrogens (tertiary/aromatic N) is 3. The molecule has 5 N–H and O–H groups in total. The standard InChI is InChI=1S/C20H26N6/c1-12-3-4-13(2)16(11-12)24-18-17(14-5-7-15(21)8-6-14)19(22)25-26-10-9-23-20(18)26/h3-4,9-11,14-15,24H,5-8,21H2,1-2H3,(H2,22,25)/t14-,15-. The summed E-state index contributed by atoms with van der Waals surface area (Å²) in [6.45, 7) is 4.20. The summed E-state index contributed by atoms with van der Waals surface area (Å²) in [6.07, 6.45) is 7.70. The van der Waals surface area contributed by atoms with Crippen molar-refractivity contribution in [1.29, 1.82) is 0 Å². The molecule has 1 fully saturated rings. The van der Waals surface area contributed by atoms with E-state index in [-0.39, 0.29) is 0 Å². The highest BCUT2D eigenvalue weighted by Gasteiger charge is 2.27. The third-order valence-corrected chi connectivity index (χ3v) is 5.44. The van der Waals surface area contributed by atoms with E-state index in [9.17, 15) is 0 Å². The number of hydrogen-bond acceptors (Lipinski definition) is 5. The van der Waals surface area contributed by atoms with Crippen molar-refractivity contribution >= 4 is 22.8 Å². The first-order chi connectivity index (χ1) is 12.5. The molecule has 1 aromatic carbocycles. The van der Waals surface area contributed by atoms with Crippen LogP contribution in [0.2, 0.25) is 0 Å². The van der Waals surface area contributed by atoms with Crippen molar-refractivity contribution in [2.45, 2.75) is 51.5 Å². The molecule has 26 heavy (non-hydrogen) atoms. The number of fused-ring (bicyclic) bond motifs is 1. The van der Waals surface area contributed by atoms with Gasteiger partial charge in [0, 0.05) is 29.7 Å². The van der Waals surface area contributed by atoms with Crippen molar-refractivity contribution in [3.8, 4) is 0 Å². The molecule has 0 bridgehead atoms. The highest BCUT2D eigenvalue weighted by molar-refractivity contribution is 5.81. The molecule has 136 valence electrons. The highest BCUT2D eigenvalue weighted by atomic mass is 15.3. The minimum atomic E-state index is 0.297. The van der Waals surface area contributed by atoms with Crippen LogP contribution in [0.25, 0.3) is 5.65 Å². The van der Waals surface area contributed by atoms with Gasteiger partial charge in [-0.15, -0.1) is 5.10 Å². The second-order valence-corrected chi connectivity index (χ2v) is 7.42. The van der Waals surface area contributed by atoms with Crippen molar-refractivity contribution < 1.29 is 0 Å².